The molecule has 7 nitrogen and oxygen atoms in total. The van der Waals surface area contributed by atoms with Crippen LogP contribution in [0.4, 0.5) is 0 Å². The molecular formula is C28H23N5O2S. The van der Waals surface area contributed by atoms with Gasteiger partial charge in [0.15, 0.2) is 11.0 Å². The average molecular weight is 494 g/mol. The number of aromatic nitrogens is 4. The molecular weight excluding hydrogens is 470 g/mol. The van der Waals surface area contributed by atoms with Crippen LogP contribution in [0.25, 0.3) is 33.2 Å². The fourth-order valence-electron chi connectivity index (χ4n) is 4.13. The van der Waals surface area contributed by atoms with E-state index in [2.05, 4.69) is 29.9 Å². The number of hydrogen-bond donors (Lipinski definition) is 2. The minimum absolute atomic E-state index is 0.0363. The molecule has 0 fully saturated rings. The van der Waals surface area contributed by atoms with Gasteiger partial charge in [-0.3, -0.25) is 9.36 Å². The first-order valence-corrected chi connectivity index (χ1v) is 12.5. The Morgan fingerprint density at radius 2 is 1.72 bits per heavy atom. The van der Waals surface area contributed by atoms with Gasteiger partial charge in [-0.25, -0.2) is 9.97 Å². The van der Waals surface area contributed by atoms with E-state index in [1.54, 1.807) is 16.7 Å². The summed E-state index contributed by atoms with van der Waals surface area (Å²) in [6.45, 7) is 4.15. The van der Waals surface area contributed by atoms with Gasteiger partial charge in [0.05, 0.1) is 33.4 Å². The maximum absolute atomic E-state index is 13.6. The highest BCUT2D eigenvalue weighted by atomic mass is 32.2. The second-order valence-electron chi connectivity index (χ2n) is 8.59. The van der Waals surface area contributed by atoms with Gasteiger partial charge in [-0.2, -0.15) is 5.26 Å². The number of H-pyrrole nitrogens is 1. The summed E-state index contributed by atoms with van der Waals surface area (Å²) >= 11 is 1.20. The van der Waals surface area contributed by atoms with Crippen molar-refractivity contribution in [1.29, 1.82) is 5.26 Å². The predicted molar refractivity (Wildman–Crippen MR) is 143 cm³/mol. The number of fused-ring (bicyclic) bond motifs is 2. The molecule has 2 aromatic heterocycles. The van der Waals surface area contributed by atoms with Gasteiger partial charge < -0.3 is 10.1 Å². The molecule has 178 valence electrons. The van der Waals surface area contributed by atoms with Crippen molar-refractivity contribution in [2.75, 3.05) is 5.75 Å². The van der Waals surface area contributed by atoms with Gasteiger partial charge in [0.2, 0.25) is 0 Å². The standard InChI is InChI=1S/C28H23N5O2S/c1-17(2)18-9-4-8-14-24(18)33-27(35)19-10-3-5-11-21(19)32-28(33)36-16-25(34)20(15-29)26-30-22-12-6-7-13-23(22)31-26/h3-14,17,34H,16H2,1-2H3,(H,30,31). The Morgan fingerprint density at radius 3 is 2.47 bits per heavy atom. The van der Waals surface area contributed by atoms with E-state index in [1.807, 2.05) is 60.7 Å². The quantitative estimate of drug-likeness (QED) is 0.131. The van der Waals surface area contributed by atoms with E-state index in [9.17, 15) is 15.2 Å². The van der Waals surface area contributed by atoms with Crippen LogP contribution in [0.1, 0.15) is 31.2 Å². The monoisotopic (exact) mass is 493 g/mol. The third kappa shape index (κ3) is 4.25. The van der Waals surface area contributed by atoms with E-state index in [0.717, 1.165) is 16.8 Å². The summed E-state index contributed by atoms with van der Waals surface area (Å²) in [4.78, 5) is 25.9. The molecule has 0 aliphatic rings. The van der Waals surface area contributed by atoms with Gasteiger partial charge in [-0.1, -0.05) is 68.1 Å². The van der Waals surface area contributed by atoms with E-state index < -0.39 is 0 Å². The first-order valence-electron chi connectivity index (χ1n) is 11.5. The molecule has 0 bridgehead atoms. The van der Waals surface area contributed by atoms with Crippen molar-refractivity contribution in [3.8, 4) is 11.8 Å². The maximum atomic E-state index is 13.6. The number of thioether (sulfide) groups is 1. The summed E-state index contributed by atoms with van der Waals surface area (Å²) in [6, 6.07) is 24.4. The number of hydrogen-bond acceptors (Lipinski definition) is 6. The second kappa shape index (κ2) is 9.72. The van der Waals surface area contributed by atoms with Crippen LogP contribution in [0.2, 0.25) is 0 Å². The Bertz CT molecular complexity index is 1690. The number of rotatable bonds is 6. The zero-order valence-corrected chi connectivity index (χ0v) is 20.6. The molecule has 5 aromatic rings. The SMILES string of the molecule is CC(C)c1ccccc1-n1c(SCC(O)=C(C#N)c2nc3ccccc3[nH]2)nc2ccccc2c1=O. The average Bonchev–Trinajstić information content (AvgIpc) is 3.32. The molecule has 0 amide bonds. The molecule has 0 aliphatic carbocycles. The zero-order valence-electron chi connectivity index (χ0n) is 19.8. The number of para-hydroxylation sites is 4. The van der Waals surface area contributed by atoms with Crippen LogP contribution >= 0.6 is 11.8 Å². The normalized spacial score (nSPS) is 12.2. The van der Waals surface area contributed by atoms with Crippen LogP contribution in [0.3, 0.4) is 0 Å². The Hall–Kier alpha value is -4.35. The number of nitrogens with zero attached hydrogens (tertiary/aromatic N) is 4. The van der Waals surface area contributed by atoms with Crippen LogP contribution in [-0.4, -0.2) is 30.4 Å². The lowest BCUT2D eigenvalue weighted by molar-refractivity contribution is 0.420. The van der Waals surface area contributed by atoms with Gasteiger partial charge in [-0.05, 0) is 41.8 Å². The highest BCUT2D eigenvalue weighted by Gasteiger charge is 2.19. The van der Waals surface area contributed by atoms with Crippen LogP contribution in [-0.2, 0) is 0 Å². The second-order valence-corrected chi connectivity index (χ2v) is 9.53. The highest BCUT2D eigenvalue weighted by molar-refractivity contribution is 7.99. The van der Waals surface area contributed by atoms with Crippen LogP contribution < -0.4 is 5.56 Å². The van der Waals surface area contributed by atoms with E-state index >= 15 is 0 Å². The Labute approximate surface area is 211 Å². The van der Waals surface area contributed by atoms with Crippen LogP contribution in [0, 0.1) is 11.3 Å². The topological polar surface area (TPSA) is 108 Å². The first-order chi connectivity index (χ1) is 17.5. The van der Waals surface area contributed by atoms with Crippen molar-refractivity contribution in [3.63, 3.8) is 0 Å². The Morgan fingerprint density at radius 1 is 1.03 bits per heavy atom. The van der Waals surface area contributed by atoms with Crippen LogP contribution in [0.5, 0.6) is 0 Å². The summed E-state index contributed by atoms with van der Waals surface area (Å²) in [5, 5.41) is 21.6. The van der Waals surface area contributed by atoms with E-state index in [4.69, 9.17) is 4.98 Å². The van der Waals surface area contributed by atoms with Gasteiger partial charge in [-0.15, -0.1) is 0 Å². The summed E-state index contributed by atoms with van der Waals surface area (Å²) < 4.78 is 1.60. The van der Waals surface area contributed by atoms with Gasteiger partial charge in [0, 0.05) is 0 Å². The molecule has 0 saturated heterocycles. The number of nitrogens with one attached hydrogen (secondary N) is 1. The molecule has 2 N–H and O–H groups in total. The van der Waals surface area contributed by atoms with Crippen molar-refractivity contribution < 1.29 is 5.11 Å². The lowest BCUT2D eigenvalue weighted by atomic mass is 10.0. The fourth-order valence-corrected chi connectivity index (χ4v) is 5.01. The van der Waals surface area contributed by atoms with Crippen molar-refractivity contribution in [2.45, 2.75) is 24.9 Å². The molecule has 0 aliphatic heterocycles. The Balaban J connectivity index is 1.60. The molecule has 0 saturated carbocycles. The molecule has 0 atom stereocenters. The lowest BCUT2D eigenvalue weighted by Gasteiger charge is -2.18. The molecule has 0 radical (unpaired) electrons. The molecule has 36 heavy (non-hydrogen) atoms. The maximum Gasteiger partial charge on any atom is 0.266 e. The third-order valence-electron chi connectivity index (χ3n) is 5.91. The number of aliphatic hydroxyl groups excluding tert-OH is 1. The molecule has 0 spiro atoms. The third-order valence-corrected chi connectivity index (χ3v) is 6.86. The summed E-state index contributed by atoms with van der Waals surface area (Å²) in [7, 11) is 0. The largest absolute Gasteiger partial charge is 0.510 e. The first kappa shape index (κ1) is 23.4. The van der Waals surface area contributed by atoms with Crippen molar-refractivity contribution in [2.24, 2.45) is 0 Å². The van der Waals surface area contributed by atoms with Crippen molar-refractivity contribution in [3.05, 3.63) is 100 Å². The zero-order chi connectivity index (χ0) is 25.2. The molecule has 5 rings (SSSR count). The highest BCUT2D eigenvalue weighted by Crippen LogP contribution is 2.29. The minimum atomic E-state index is -0.183. The summed E-state index contributed by atoms with van der Waals surface area (Å²) in [6.07, 6.45) is 0. The molecule has 0 unspecified atom stereocenters. The van der Waals surface area contributed by atoms with Gasteiger partial charge >= 0.3 is 0 Å². The van der Waals surface area contributed by atoms with E-state index in [-0.39, 0.29) is 28.6 Å². The van der Waals surface area contributed by atoms with Gasteiger partial charge in [0.1, 0.15) is 17.4 Å². The number of aromatic amines is 1. The number of aliphatic hydroxyl groups is 1. The number of allylic oxidation sites excluding steroid dienone is 1. The summed E-state index contributed by atoms with van der Waals surface area (Å²) in [5.41, 5.74) is 3.68. The summed E-state index contributed by atoms with van der Waals surface area (Å²) in [5.74, 6) is 0.372. The number of imidazole rings is 1. The lowest BCUT2D eigenvalue weighted by Crippen LogP contribution is -2.23. The Kier molecular flexibility index (Phi) is 6.32. The van der Waals surface area contributed by atoms with E-state index in [0.29, 0.717) is 27.4 Å². The fraction of sp³-hybridized carbons (Fsp3) is 0.143. The van der Waals surface area contributed by atoms with Crippen molar-refractivity contribution in [1.82, 2.24) is 19.5 Å². The molecule has 3 aromatic carbocycles. The molecule has 8 heteroatoms. The predicted octanol–water partition coefficient (Wildman–Crippen LogP) is 5.97. The van der Waals surface area contributed by atoms with E-state index in [1.165, 1.54) is 11.8 Å². The molecule has 2 heterocycles. The minimum Gasteiger partial charge on any atom is -0.510 e. The smallest absolute Gasteiger partial charge is 0.266 e. The van der Waals surface area contributed by atoms with Gasteiger partial charge in [0.25, 0.3) is 5.56 Å². The van der Waals surface area contributed by atoms with Crippen LogP contribution in [0.15, 0.2) is 88.5 Å². The van der Waals surface area contributed by atoms with Crippen molar-refractivity contribution >= 4 is 39.3 Å². The number of benzene rings is 3. The number of nitriles is 1.